The van der Waals surface area contributed by atoms with Crippen LogP contribution in [-0.2, 0) is 19.1 Å². The Morgan fingerprint density at radius 2 is 1.57 bits per heavy atom. The lowest BCUT2D eigenvalue weighted by molar-refractivity contribution is -0.198. The fraction of sp³-hybridized carbons (Fsp3) is 0.939. The van der Waals surface area contributed by atoms with Crippen molar-refractivity contribution in [2.45, 2.75) is 144 Å². The van der Waals surface area contributed by atoms with Crippen LogP contribution in [0.3, 0.4) is 0 Å². The molecule has 4 heteroatoms. The molecule has 0 saturated heterocycles. The minimum absolute atomic E-state index is 0.0316. The number of carbonyl (C=O) groups is 2. The topological polar surface area (TPSA) is 52.6 Å². The van der Waals surface area contributed by atoms with Crippen molar-refractivity contribution in [3.63, 3.8) is 0 Å². The minimum atomic E-state index is -0.185. The van der Waals surface area contributed by atoms with E-state index in [-0.39, 0.29) is 29.6 Å². The highest BCUT2D eigenvalue weighted by atomic mass is 16.5. The summed E-state index contributed by atoms with van der Waals surface area (Å²) in [4.78, 5) is 24.5. The molecule has 0 aromatic heterocycles. The summed E-state index contributed by atoms with van der Waals surface area (Å²) in [7, 11) is 0. The van der Waals surface area contributed by atoms with Crippen molar-refractivity contribution in [1.29, 1.82) is 0 Å². The van der Waals surface area contributed by atoms with Crippen LogP contribution < -0.4 is 0 Å². The van der Waals surface area contributed by atoms with Gasteiger partial charge in [0.1, 0.15) is 12.2 Å². The molecule has 212 valence electrons. The molecule has 4 rings (SSSR count). The highest BCUT2D eigenvalue weighted by Crippen LogP contribution is 2.68. The number of esters is 2. The Labute approximate surface area is 227 Å². The normalized spacial score (nSPS) is 41.9. The van der Waals surface area contributed by atoms with Gasteiger partial charge in [-0.2, -0.15) is 0 Å². The van der Waals surface area contributed by atoms with E-state index in [2.05, 4.69) is 34.6 Å². The molecule has 0 N–H and O–H groups in total. The molecule has 0 aromatic rings. The maximum atomic E-state index is 12.8. The SMILES string of the molecule is CCCC(=O)O[C@H]1C[C@@H]2[C@H](CC[C@]3(C)[C@@H]([C@H](C)CCCC(C)C)CC[C@@H]23)[C@@]2(C)CC[C@H](OC(C)=O)C[C@H]12. The van der Waals surface area contributed by atoms with E-state index in [1.807, 2.05) is 6.92 Å². The highest BCUT2D eigenvalue weighted by Gasteiger charge is 2.63. The number of rotatable bonds is 9. The number of carbonyl (C=O) groups excluding carboxylic acids is 2. The molecule has 4 nitrogen and oxygen atoms in total. The van der Waals surface area contributed by atoms with Gasteiger partial charge in [-0.05, 0) is 104 Å². The van der Waals surface area contributed by atoms with Crippen LogP contribution >= 0.6 is 0 Å². The molecule has 0 unspecified atom stereocenters. The Morgan fingerprint density at radius 3 is 2.24 bits per heavy atom. The Balaban J connectivity index is 1.55. The van der Waals surface area contributed by atoms with E-state index in [1.165, 1.54) is 51.9 Å². The van der Waals surface area contributed by atoms with E-state index >= 15 is 0 Å². The van der Waals surface area contributed by atoms with Crippen LogP contribution in [0, 0.1) is 52.3 Å². The monoisotopic (exact) mass is 516 g/mol. The van der Waals surface area contributed by atoms with Crippen LogP contribution in [0.15, 0.2) is 0 Å². The van der Waals surface area contributed by atoms with Crippen LogP contribution in [0.1, 0.15) is 132 Å². The maximum Gasteiger partial charge on any atom is 0.306 e. The Kier molecular flexibility index (Phi) is 9.06. The van der Waals surface area contributed by atoms with Crippen LogP contribution in [0.25, 0.3) is 0 Å². The van der Waals surface area contributed by atoms with Crippen molar-refractivity contribution < 1.29 is 19.1 Å². The van der Waals surface area contributed by atoms with Crippen LogP contribution in [0.5, 0.6) is 0 Å². The molecular weight excluding hydrogens is 460 g/mol. The second kappa shape index (κ2) is 11.6. The number of ether oxygens (including phenoxy) is 2. The van der Waals surface area contributed by atoms with Gasteiger partial charge in [-0.15, -0.1) is 0 Å². The summed E-state index contributed by atoms with van der Waals surface area (Å²) in [6.07, 6.45) is 14.6. The first-order valence-electron chi connectivity index (χ1n) is 15.9. The molecule has 0 aromatic carbocycles. The third-order valence-corrected chi connectivity index (χ3v) is 11.9. The molecule has 0 amide bonds. The summed E-state index contributed by atoms with van der Waals surface area (Å²) in [6.45, 7) is 15.9. The van der Waals surface area contributed by atoms with Crippen LogP contribution in [0.2, 0.25) is 0 Å². The largest absolute Gasteiger partial charge is 0.463 e. The number of hydrogen-bond acceptors (Lipinski definition) is 4. The molecule has 4 aliphatic rings. The first kappa shape index (κ1) is 28.9. The fourth-order valence-electron chi connectivity index (χ4n) is 10.2. The Bertz CT molecular complexity index is 806. The summed E-state index contributed by atoms with van der Waals surface area (Å²) in [5.74, 6) is 4.60. The van der Waals surface area contributed by atoms with Gasteiger partial charge in [-0.25, -0.2) is 0 Å². The average Bonchev–Trinajstić information content (AvgIpc) is 3.17. The molecule has 0 spiro atoms. The van der Waals surface area contributed by atoms with Crippen molar-refractivity contribution >= 4 is 11.9 Å². The third kappa shape index (κ3) is 5.79. The average molecular weight is 517 g/mol. The fourth-order valence-corrected chi connectivity index (χ4v) is 10.2. The van der Waals surface area contributed by atoms with Gasteiger partial charge in [0.25, 0.3) is 0 Å². The van der Waals surface area contributed by atoms with E-state index in [0.717, 1.165) is 55.8 Å². The quantitative estimate of drug-likeness (QED) is 0.289. The first-order valence-corrected chi connectivity index (χ1v) is 15.9. The van der Waals surface area contributed by atoms with E-state index in [1.54, 1.807) is 0 Å². The molecule has 0 radical (unpaired) electrons. The molecule has 0 heterocycles. The zero-order valence-corrected chi connectivity index (χ0v) is 25.0. The first-order chi connectivity index (χ1) is 17.5. The van der Waals surface area contributed by atoms with Gasteiger partial charge in [0.05, 0.1) is 0 Å². The zero-order valence-electron chi connectivity index (χ0n) is 25.0. The molecule has 0 aliphatic heterocycles. The molecule has 10 atom stereocenters. The lowest BCUT2D eigenvalue weighted by Crippen LogP contribution is -2.59. The molecule has 37 heavy (non-hydrogen) atoms. The minimum Gasteiger partial charge on any atom is -0.463 e. The third-order valence-electron chi connectivity index (χ3n) is 11.9. The van der Waals surface area contributed by atoms with E-state index in [4.69, 9.17) is 9.47 Å². The summed E-state index contributed by atoms with van der Waals surface area (Å²) < 4.78 is 12.0. The van der Waals surface area contributed by atoms with Gasteiger partial charge in [0, 0.05) is 19.3 Å². The second-order valence-corrected chi connectivity index (χ2v) is 14.5. The molecular formula is C33H56O4. The van der Waals surface area contributed by atoms with E-state index < -0.39 is 0 Å². The van der Waals surface area contributed by atoms with Gasteiger partial charge in [0.2, 0.25) is 0 Å². The molecule has 4 fully saturated rings. The predicted molar refractivity (Wildman–Crippen MR) is 149 cm³/mol. The number of hydrogen-bond donors (Lipinski definition) is 0. The summed E-state index contributed by atoms with van der Waals surface area (Å²) in [5.41, 5.74) is 0.591. The summed E-state index contributed by atoms with van der Waals surface area (Å²) >= 11 is 0. The van der Waals surface area contributed by atoms with E-state index in [9.17, 15) is 9.59 Å². The van der Waals surface area contributed by atoms with Gasteiger partial charge in [-0.1, -0.05) is 60.8 Å². The highest BCUT2D eigenvalue weighted by molar-refractivity contribution is 5.69. The molecule has 0 bridgehead atoms. The second-order valence-electron chi connectivity index (χ2n) is 14.5. The molecule has 4 saturated carbocycles. The zero-order chi connectivity index (χ0) is 27.0. The lowest BCUT2D eigenvalue weighted by Gasteiger charge is -2.62. The number of fused-ring (bicyclic) bond motifs is 5. The standard InChI is InChI=1S/C33H56O4/c1-8-10-31(35)37-30-20-25-27-14-13-26(22(4)12-9-11-21(2)3)32(27,6)18-16-28(25)33(7)17-15-24(19-29(30)33)36-23(5)34/h21-22,24-30H,8-20H2,1-7H3/t22-,24+,25+,26-,27+,28+,29-,30+,32-,33-/m1/s1. The lowest BCUT2D eigenvalue weighted by atomic mass is 9.43. The van der Waals surface area contributed by atoms with Crippen molar-refractivity contribution in [3.05, 3.63) is 0 Å². The Morgan fingerprint density at radius 1 is 0.865 bits per heavy atom. The van der Waals surface area contributed by atoms with Gasteiger partial charge in [-0.3, -0.25) is 9.59 Å². The van der Waals surface area contributed by atoms with Gasteiger partial charge < -0.3 is 9.47 Å². The van der Waals surface area contributed by atoms with Crippen molar-refractivity contribution in [2.75, 3.05) is 0 Å². The Hall–Kier alpha value is -1.06. The van der Waals surface area contributed by atoms with Crippen LogP contribution in [-0.4, -0.2) is 24.1 Å². The van der Waals surface area contributed by atoms with Gasteiger partial charge >= 0.3 is 11.9 Å². The predicted octanol–water partition coefficient (Wildman–Crippen LogP) is 8.36. The summed E-state index contributed by atoms with van der Waals surface area (Å²) in [6, 6.07) is 0. The van der Waals surface area contributed by atoms with Crippen molar-refractivity contribution in [3.8, 4) is 0 Å². The van der Waals surface area contributed by atoms with Crippen molar-refractivity contribution in [2.24, 2.45) is 52.3 Å². The van der Waals surface area contributed by atoms with Gasteiger partial charge in [0.15, 0.2) is 0 Å². The smallest absolute Gasteiger partial charge is 0.306 e. The summed E-state index contributed by atoms with van der Waals surface area (Å²) in [5, 5.41) is 0. The van der Waals surface area contributed by atoms with Crippen molar-refractivity contribution in [1.82, 2.24) is 0 Å². The van der Waals surface area contributed by atoms with E-state index in [0.29, 0.717) is 29.6 Å². The van der Waals surface area contributed by atoms with Crippen LogP contribution in [0.4, 0.5) is 0 Å². The maximum absolute atomic E-state index is 12.8. The molecule has 4 aliphatic carbocycles.